The number of hydrogen-bond donors (Lipinski definition) is 1. The molecule has 62 valence electrons. The number of rotatable bonds is 1. The van der Waals surface area contributed by atoms with E-state index < -0.39 is 0 Å². The van der Waals surface area contributed by atoms with Crippen LogP contribution in [0.2, 0.25) is 0 Å². The van der Waals surface area contributed by atoms with Gasteiger partial charge in [-0.05, 0) is 17.9 Å². The molecule has 12 heavy (non-hydrogen) atoms. The van der Waals surface area contributed by atoms with Gasteiger partial charge >= 0.3 is 0 Å². The van der Waals surface area contributed by atoms with Crippen LogP contribution in [0.15, 0.2) is 23.1 Å². The number of thioether (sulfide) groups is 1. The van der Waals surface area contributed by atoms with Gasteiger partial charge in [0.1, 0.15) is 0 Å². The van der Waals surface area contributed by atoms with E-state index in [1.807, 2.05) is 24.5 Å². The monoisotopic (exact) mass is 179 g/mol. The molecule has 0 radical (unpaired) electrons. The first-order valence-electron chi connectivity index (χ1n) is 3.77. The Morgan fingerprint density at radius 1 is 1.50 bits per heavy atom. The Balaban J connectivity index is 2.60. The second kappa shape index (κ2) is 2.83. The molecule has 1 N–H and O–H groups in total. The summed E-state index contributed by atoms with van der Waals surface area (Å²) in [6, 6.07) is 5.96. The number of fused-ring (bicyclic) bond motifs is 1. The van der Waals surface area contributed by atoms with E-state index in [2.05, 4.69) is 5.32 Å². The molecule has 0 unspecified atom stereocenters. The molecule has 1 aromatic carbocycles. The number of amides is 1. The quantitative estimate of drug-likeness (QED) is 0.664. The summed E-state index contributed by atoms with van der Waals surface area (Å²) in [6.45, 7) is 0.683. The van der Waals surface area contributed by atoms with E-state index in [1.54, 1.807) is 11.8 Å². The maximum absolute atomic E-state index is 11.3. The minimum atomic E-state index is 0.0648. The Bertz CT molecular complexity index is 335. The minimum Gasteiger partial charge on any atom is -0.348 e. The van der Waals surface area contributed by atoms with Gasteiger partial charge in [0, 0.05) is 11.4 Å². The van der Waals surface area contributed by atoms with Crippen LogP contribution in [-0.2, 0) is 6.54 Å². The van der Waals surface area contributed by atoms with Crippen molar-refractivity contribution in [3.8, 4) is 0 Å². The second-order valence-corrected chi connectivity index (χ2v) is 3.53. The van der Waals surface area contributed by atoms with Crippen molar-refractivity contribution in [2.24, 2.45) is 0 Å². The lowest BCUT2D eigenvalue weighted by Crippen LogP contribution is -2.12. The topological polar surface area (TPSA) is 29.1 Å². The van der Waals surface area contributed by atoms with Crippen molar-refractivity contribution in [3.05, 3.63) is 29.3 Å². The Morgan fingerprint density at radius 2 is 2.33 bits per heavy atom. The average molecular weight is 179 g/mol. The molecule has 1 aromatic rings. The van der Waals surface area contributed by atoms with Crippen LogP contribution >= 0.6 is 11.8 Å². The van der Waals surface area contributed by atoms with Gasteiger partial charge in [-0.2, -0.15) is 0 Å². The lowest BCUT2D eigenvalue weighted by molar-refractivity contribution is 0.0963. The normalized spacial score (nSPS) is 14.2. The number of benzene rings is 1. The maximum atomic E-state index is 11.3. The fraction of sp³-hybridized carbons (Fsp3) is 0.222. The van der Waals surface area contributed by atoms with Crippen LogP contribution in [-0.4, -0.2) is 12.2 Å². The van der Waals surface area contributed by atoms with Crippen LogP contribution in [0.1, 0.15) is 15.9 Å². The number of hydrogen-bond acceptors (Lipinski definition) is 2. The average Bonchev–Trinajstić information content (AvgIpc) is 2.48. The van der Waals surface area contributed by atoms with E-state index in [-0.39, 0.29) is 5.91 Å². The third-order valence-electron chi connectivity index (χ3n) is 2.00. The van der Waals surface area contributed by atoms with E-state index >= 15 is 0 Å². The lowest BCUT2D eigenvalue weighted by Gasteiger charge is -2.01. The van der Waals surface area contributed by atoms with Gasteiger partial charge in [-0.3, -0.25) is 4.79 Å². The predicted octanol–water partition coefficient (Wildman–Crippen LogP) is 1.65. The summed E-state index contributed by atoms with van der Waals surface area (Å²) in [5.41, 5.74) is 1.98. The van der Waals surface area contributed by atoms with Gasteiger partial charge in [-0.25, -0.2) is 0 Å². The van der Waals surface area contributed by atoms with Crippen molar-refractivity contribution < 1.29 is 4.79 Å². The van der Waals surface area contributed by atoms with Gasteiger partial charge < -0.3 is 5.32 Å². The number of carbonyl (C=O) groups excluding carboxylic acids is 1. The zero-order chi connectivity index (χ0) is 8.55. The Hall–Kier alpha value is -0.960. The highest BCUT2D eigenvalue weighted by Gasteiger charge is 2.21. The van der Waals surface area contributed by atoms with Crippen molar-refractivity contribution in [2.45, 2.75) is 11.4 Å². The zero-order valence-electron chi connectivity index (χ0n) is 6.76. The Labute approximate surface area is 75.4 Å². The molecule has 0 aromatic heterocycles. The van der Waals surface area contributed by atoms with Crippen molar-refractivity contribution in [1.29, 1.82) is 0 Å². The lowest BCUT2D eigenvalue weighted by atomic mass is 10.1. The van der Waals surface area contributed by atoms with E-state index in [9.17, 15) is 4.79 Å². The highest BCUT2D eigenvalue weighted by molar-refractivity contribution is 7.98. The fourth-order valence-corrected chi connectivity index (χ4v) is 2.06. The molecule has 0 atom stereocenters. The van der Waals surface area contributed by atoms with E-state index in [4.69, 9.17) is 0 Å². The molecule has 0 bridgehead atoms. The first-order valence-corrected chi connectivity index (χ1v) is 4.99. The van der Waals surface area contributed by atoms with Crippen molar-refractivity contribution in [1.82, 2.24) is 5.32 Å². The van der Waals surface area contributed by atoms with Crippen LogP contribution in [0.25, 0.3) is 0 Å². The van der Waals surface area contributed by atoms with Gasteiger partial charge in [0.25, 0.3) is 5.91 Å². The SMILES string of the molecule is CSc1cccc2c1C(=O)NC2. The molecule has 0 spiro atoms. The minimum absolute atomic E-state index is 0.0648. The highest BCUT2D eigenvalue weighted by Crippen LogP contribution is 2.26. The molecule has 1 heterocycles. The molecule has 2 nitrogen and oxygen atoms in total. The van der Waals surface area contributed by atoms with Crippen LogP contribution in [0.5, 0.6) is 0 Å². The zero-order valence-corrected chi connectivity index (χ0v) is 7.57. The smallest absolute Gasteiger partial charge is 0.253 e. The molecule has 0 saturated carbocycles. The Morgan fingerprint density at radius 3 is 3.08 bits per heavy atom. The molecule has 0 aliphatic carbocycles. The van der Waals surface area contributed by atoms with E-state index in [0.717, 1.165) is 16.0 Å². The summed E-state index contributed by atoms with van der Waals surface area (Å²) in [6.07, 6.45) is 1.99. The summed E-state index contributed by atoms with van der Waals surface area (Å²) in [4.78, 5) is 12.4. The first-order chi connectivity index (χ1) is 5.83. The molecule has 2 rings (SSSR count). The van der Waals surface area contributed by atoms with Crippen molar-refractivity contribution in [3.63, 3.8) is 0 Å². The highest BCUT2D eigenvalue weighted by atomic mass is 32.2. The third-order valence-corrected chi connectivity index (χ3v) is 2.78. The fourth-order valence-electron chi connectivity index (χ4n) is 1.42. The van der Waals surface area contributed by atoms with Gasteiger partial charge in [0.15, 0.2) is 0 Å². The van der Waals surface area contributed by atoms with Crippen molar-refractivity contribution in [2.75, 3.05) is 6.26 Å². The van der Waals surface area contributed by atoms with Crippen LogP contribution in [0, 0.1) is 0 Å². The molecule has 3 heteroatoms. The summed E-state index contributed by atoms with van der Waals surface area (Å²) in [5.74, 6) is 0.0648. The summed E-state index contributed by atoms with van der Waals surface area (Å²) in [5, 5.41) is 2.81. The van der Waals surface area contributed by atoms with Gasteiger partial charge in [-0.15, -0.1) is 11.8 Å². The van der Waals surface area contributed by atoms with Crippen LogP contribution in [0.3, 0.4) is 0 Å². The van der Waals surface area contributed by atoms with Gasteiger partial charge in [0.05, 0.1) is 5.56 Å². The summed E-state index contributed by atoms with van der Waals surface area (Å²) >= 11 is 1.62. The Kier molecular flexibility index (Phi) is 1.81. The molecular weight excluding hydrogens is 170 g/mol. The van der Waals surface area contributed by atoms with Crippen molar-refractivity contribution >= 4 is 17.7 Å². The second-order valence-electron chi connectivity index (χ2n) is 2.68. The molecule has 0 fully saturated rings. The molecule has 0 saturated heterocycles. The van der Waals surface area contributed by atoms with Gasteiger partial charge in [0.2, 0.25) is 0 Å². The molecule has 1 aliphatic heterocycles. The van der Waals surface area contributed by atoms with Gasteiger partial charge in [-0.1, -0.05) is 12.1 Å². The van der Waals surface area contributed by atoms with E-state index in [1.165, 1.54) is 0 Å². The third kappa shape index (κ3) is 1.01. The summed E-state index contributed by atoms with van der Waals surface area (Å²) in [7, 11) is 0. The molecule has 1 amide bonds. The molecular formula is C9H9NOS. The summed E-state index contributed by atoms with van der Waals surface area (Å²) < 4.78 is 0. The predicted molar refractivity (Wildman–Crippen MR) is 49.4 cm³/mol. The maximum Gasteiger partial charge on any atom is 0.253 e. The van der Waals surface area contributed by atoms with Crippen LogP contribution < -0.4 is 5.32 Å². The largest absolute Gasteiger partial charge is 0.348 e. The number of carbonyl (C=O) groups is 1. The van der Waals surface area contributed by atoms with Crippen LogP contribution in [0.4, 0.5) is 0 Å². The van der Waals surface area contributed by atoms with E-state index in [0.29, 0.717) is 6.54 Å². The standard InChI is InChI=1S/C9H9NOS/c1-12-7-4-2-3-6-5-10-9(11)8(6)7/h2-4H,5H2,1H3,(H,10,11). The molecule has 1 aliphatic rings. The number of nitrogens with one attached hydrogen (secondary N) is 1. The first kappa shape index (κ1) is 7.68.